The maximum atomic E-state index is 12.1. The number of aliphatic carboxylic acids is 1. The van der Waals surface area contributed by atoms with Crippen LogP contribution in [0.5, 0.6) is 0 Å². The van der Waals surface area contributed by atoms with Crippen molar-refractivity contribution in [1.29, 1.82) is 0 Å². The molecule has 1 atom stereocenters. The fraction of sp³-hybridized carbons (Fsp3) is 0.857. The summed E-state index contributed by atoms with van der Waals surface area (Å²) < 4.78 is 5.09. The monoisotopic (exact) mass is 284 g/mol. The number of likely N-dealkylation sites (tertiary alicyclic amines) is 1. The lowest BCUT2D eigenvalue weighted by molar-refractivity contribution is -0.143. The summed E-state index contributed by atoms with van der Waals surface area (Å²) in [5.41, 5.74) is 0.216. The molecule has 1 saturated carbocycles. The Hall–Kier alpha value is -1.30. The maximum Gasteiger partial charge on any atom is 0.317 e. The van der Waals surface area contributed by atoms with Crippen LogP contribution in [0, 0.1) is 11.3 Å². The summed E-state index contributed by atoms with van der Waals surface area (Å²) in [5.74, 6) is -1.22. The largest absolute Gasteiger partial charge is 0.481 e. The lowest BCUT2D eigenvalue weighted by Crippen LogP contribution is -2.48. The smallest absolute Gasteiger partial charge is 0.317 e. The second kappa shape index (κ2) is 6.43. The van der Waals surface area contributed by atoms with Gasteiger partial charge in [0.15, 0.2) is 0 Å². The van der Waals surface area contributed by atoms with Gasteiger partial charge in [-0.15, -0.1) is 0 Å². The summed E-state index contributed by atoms with van der Waals surface area (Å²) in [6.07, 6.45) is 4.67. The number of rotatable bonds is 6. The standard InChI is InChI=1S/C14H24N2O4/c1-20-8-6-14(4-5-14)10-15-13(19)16-7-2-3-11(9-16)12(17)18/h11H,2-10H2,1H3,(H,15,19)(H,17,18)/t11-/m1/s1. The number of amides is 2. The van der Waals surface area contributed by atoms with Gasteiger partial charge in [0.2, 0.25) is 0 Å². The first kappa shape index (κ1) is 15.1. The third kappa shape index (κ3) is 3.85. The Morgan fingerprint density at radius 3 is 2.80 bits per heavy atom. The number of piperidine rings is 1. The Labute approximate surface area is 119 Å². The molecule has 2 amide bonds. The third-order valence-corrected chi connectivity index (χ3v) is 4.47. The second-order valence-electron chi connectivity index (χ2n) is 6.02. The van der Waals surface area contributed by atoms with Gasteiger partial charge in [0.1, 0.15) is 0 Å². The second-order valence-corrected chi connectivity index (χ2v) is 6.02. The van der Waals surface area contributed by atoms with Gasteiger partial charge in [-0.05, 0) is 37.5 Å². The summed E-state index contributed by atoms with van der Waals surface area (Å²) in [7, 11) is 1.69. The molecule has 0 radical (unpaired) electrons. The molecule has 1 heterocycles. The van der Waals surface area contributed by atoms with Crippen LogP contribution in [-0.2, 0) is 9.53 Å². The predicted octanol–water partition coefficient (Wildman–Crippen LogP) is 1.31. The Morgan fingerprint density at radius 1 is 1.45 bits per heavy atom. The van der Waals surface area contributed by atoms with E-state index in [-0.39, 0.29) is 11.4 Å². The molecule has 0 unspecified atom stereocenters. The van der Waals surface area contributed by atoms with E-state index in [1.54, 1.807) is 12.0 Å². The van der Waals surface area contributed by atoms with Gasteiger partial charge in [0.25, 0.3) is 0 Å². The lowest BCUT2D eigenvalue weighted by atomic mass is 9.98. The van der Waals surface area contributed by atoms with E-state index >= 15 is 0 Å². The quantitative estimate of drug-likeness (QED) is 0.771. The highest BCUT2D eigenvalue weighted by Crippen LogP contribution is 2.48. The van der Waals surface area contributed by atoms with Crippen LogP contribution in [0.4, 0.5) is 4.79 Å². The first-order chi connectivity index (χ1) is 9.56. The van der Waals surface area contributed by atoms with E-state index in [9.17, 15) is 9.59 Å². The predicted molar refractivity (Wildman–Crippen MR) is 73.5 cm³/mol. The van der Waals surface area contributed by atoms with Crippen LogP contribution < -0.4 is 5.32 Å². The van der Waals surface area contributed by atoms with Crippen LogP contribution in [0.15, 0.2) is 0 Å². The zero-order chi connectivity index (χ0) is 14.6. The number of carboxylic acid groups (broad SMARTS) is 1. The number of nitrogens with one attached hydrogen (secondary N) is 1. The molecule has 1 aliphatic heterocycles. The Morgan fingerprint density at radius 2 is 2.20 bits per heavy atom. The summed E-state index contributed by atoms with van der Waals surface area (Å²) in [6.45, 7) is 2.37. The molecule has 6 heteroatoms. The minimum atomic E-state index is -0.804. The summed E-state index contributed by atoms with van der Waals surface area (Å²) in [4.78, 5) is 24.7. The third-order valence-electron chi connectivity index (χ3n) is 4.47. The average molecular weight is 284 g/mol. The number of hydrogen-bond acceptors (Lipinski definition) is 3. The fourth-order valence-electron chi connectivity index (χ4n) is 2.75. The molecule has 2 fully saturated rings. The van der Waals surface area contributed by atoms with Crippen molar-refractivity contribution in [3.8, 4) is 0 Å². The van der Waals surface area contributed by atoms with E-state index in [1.807, 2.05) is 0 Å². The van der Waals surface area contributed by atoms with Crippen LogP contribution in [0.2, 0.25) is 0 Å². The van der Waals surface area contributed by atoms with Crippen LogP contribution in [0.3, 0.4) is 0 Å². The number of hydrogen-bond donors (Lipinski definition) is 2. The highest BCUT2D eigenvalue weighted by molar-refractivity contribution is 5.76. The minimum absolute atomic E-state index is 0.125. The molecule has 2 N–H and O–H groups in total. The number of urea groups is 1. The van der Waals surface area contributed by atoms with Gasteiger partial charge in [-0.3, -0.25) is 4.79 Å². The molecule has 0 spiro atoms. The number of carbonyl (C=O) groups excluding carboxylic acids is 1. The van der Waals surface area contributed by atoms with Crippen molar-refractivity contribution in [2.75, 3.05) is 33.4 Å². The van der Waals surface area contributed by atoms with E-state index in [1.165, 1.54) is 0 Å². The highest BCUT2D eigenvalue weighted by Gasteiger charge is 2.42. The Kier molecular flexibility index (Phi) is 4.86. The molecule has 1 saturated heterocycles. The molecule has 1 aliphatic carbocycles. The first-order valence-electron chi connectivity index (χ1n) is 7.31. The molecule has 0 aromatic rings. The number of nitrogens with zero attached hydrogens (tertiary/aromatic N) is 1. The van der Waals surface area contributed by atoms with E-state index in [0.717, 1.165) is 32.3 Å². The van der Waals surface area contributed by atoms with Gasteiger partial charge in [0, 0.05) is 33.4 Å². The van der Waals surface area contributed by atoms with Gasteiger partial charge in [-0.1, -0.05) is 0 Å². The van der Waals surface area contributed by atoms with Crippen molar-refractivity contribution < 1.29 is 19.4 Å². The molecule has 20 heavy (non-hydrogen) atoms. The molecule has 0 aromatic heterocycles. The van der Waals surface area contributed by atoms with Crippen molar-refractivity contribution in [1.82, 2.24) is 10.2 Å². The van der Waals surface area contributed by atoms with Crippen LogP contribution in [0.25, 0.3) is 0 Å². The topological polar surface area (TPSA) is 78.9 Å². The van der Waals surface area contributed by atoms with Crippen molar-refractivity contribution in [3.05, 3.63) is 0 Å². The van der Waals surface area contributed by atoms with Gasteiger partial charge in [-0.2, -0.15) is 0 Å². The first-order valence-corrected chi connectivity index (χ1v) is 7.31. The summed E-state index contributed by atoms with van der Waals surface area (Å²) >= 11 is 0. The molecular weight excluding hydrogens is 260 g/mol. The molecular formula is C14H24N2O4. The molecule has 0 aromatic carbocycles. The summed E-state index contributed by atoms with van der Waals surface area (Å²) in [5, 5.41) is 12.0. The van der Waals surface area contributed by atoms with E-state index in [4.69, 9.17) is 9.84 Å². The van der Waals surface area contributed by atoms with E-state index < -0.39 is 11.9 Å². The SMILES string of the molecule is COCCC1(CNC(=O)N2CCC[C@@H](C(=O)O)C2)CC1. The van der Waals surface area contributed by atoms with Crippen LogP contribution in [0.1, 0.15) is 32.1 Å². The minimum Gasteiger partial charge on any atom is -0.481 e. The van der Waals surface area contributed by atoms with Crippen molar-refractivity contribution in [3.63, 3.8) is 0 Å². The van der Waals surface area contributed by atoms with Gasteiger partial charge < -0.3 is 20.1 Å². The molecule has 0 bridgehead atoms. The van der Waals surface area contributed by atoms with Gasteiger partial charge >= 0.3 is 12.0 Å². The number of carboxylic acids is 1. The fourth-order valence-corrected chi connectivity index (χ4v) is 2.75. The number of methoxy groups -OCH3 is 1. The van der Waals surface area contributed by atoms with Crippen LogP contribution in [-0.4, -0.2) is 55.4 Å². The number of ether oxygens (including phenoxy) is 1. The highest BCUT2D eigenvalue weighted by atomic mass is 16.5. The molecule has 6 nitrogen and oxygen atoms in total. The molecule has 114 valence electrons. The Bertz CT molecular complexity index is 368. The van der Waals surface area contributed by atoms with Crippen molar-refractivity contribution in [2.24, 2.45) is 11.3 Å². The van der Waals surface area contributed by atoms with Crippen LogP contribution >= 0.6 is 0 Å². The zero-order valence-electron chi connectivity index (χ0n) is 12.1. The van der Waals surface area contributed by atoms with Crippen molar-refractivity contribution >= 4 is 12.0 Å². The average Bonchev–Trinajstić information content (AvgIpc) is 3.23. The Balaban J connectivity index is 1.76. The number of carbonyl (C=O) groups is 2. The van der Waals surface area contributed by atoms with Crippen molar-refractivity contribution in [2.45, 2.75) is 32.1 Å². The van der Waals surface area contributed by atoms with Gasteiger partial charge in [-0.25, -0.2) is 4.79 Å². The van der Waals surface area contributed by atoms with Gasteiger partial charge in [0.05, 0.1) is 5.92 Å². The molecule has 2 rings (SSSR count). The summed E-state index contributed by atoms with van der Waals surface area (Å²) in [6, 6.07) is -0.125. The maximum absolute atomic E-state index is 12.1. The normalized spacial score (nSPS) is 24.2. The van der Waals surface area contributed by atoms with E-state index in [2.05, 4.69) is 5.32 Å². The molecule has 2 aliphatic rings. The van der Waals surface area contributed by atoms with E-state index in [0.29, 0.717) is 26.1 Å². The zero-order valence-corrected chi connectivity index (χ0v) is 12.1. The lowest BCUT2D eigenvalue weighted by Gasteiger charge is -2.31.